The molecule has 0 aromatic heterocycles. The van der Waals surface area contributed by atoms with Crippen molar-refractivity contribution in [3.8, 4) is 0 Å². The van der Waals surface area contributed by atoms with Gasteiger partial charge in [-0.05, 0) is 35.7 Å². The lowest BCUT2D eigenvalue weighted by Crippen LogP contribution is -2.29. The average Bonchev–Trinajstić information content (AvgIpc) is 2.88. The first kappa shape index (κ1) is 18.1. The van der Waals surface area contributed by atoms with Gasteiger partial charge in [-0.1, -0.05) is 38.1 Å². The van der Waals surface area contributed by atoms with Crippen molar-refractivity contribution in [2.75, 3.05) is 15.4 Å². The van der Waals surface area contributed by atoms with Gasteiger partial charge in [-0.15, -0.1) is 0 Å². The minimum Gasteiger partial charge on any atom is -0.322 e. The van der Waals surface area contributed by atoms with Gasteiger partial charge in [0.2, 0.25) is 15.9 Å². The molecule has 0 bridgehead atoms. The Morgan fingerprint density at radius 3 is 2.50 bits per heavy atom. The quantitative estimate of drug-likeness (QED) is 0.894. The van der Waals surface area contributed by atoms with Crippen LogP contribution in [-0.4, -0.2) is 26.0 Å². The number of carbonyl (C=O) groups is 2. The second-order valence-electron chi connectivity index (χ2n) is 6.47. The van der Waals surface area contributed by atoms with Crippen molar-refractivity contribution in [2.45, 2.75) is 26.2 Å². The molecular weight excluding hydrogens is 352 g/mol. The van der Waals surface area contributed by atoms with Gasteiger partial charge in [-0.3, -0.25) is 9.59 Å². The van der Waals surface area contributed by atoms with Crippen molar-refractivity contribution in [3.05, 3.63) is 59.7 Å². The van der Waals surface area contributed by atoms with Crippen LogP contribution in [0.3, 0.4) is 0 Å². The van der Waals surface area contributed by atoms with E-state index < -0.39 is 15.9 Å². The Hall–Kier alpha value is -2.67. The minimum absolute atomic E-state index is 0.0411. The summed E-state index contributed by atoms with van der Waals surface area (Å²) < 4.78 is 24.9. The molecule has 0 radical (unpaired) electrons. The van der Waals surface area contributed by atoms with E-state index >= 15 is 0 Å². The van der Waals surface area contributed by atoms with Crippen molar-refractivity contribution in [1.29, 1.82) is 0 Å². The molecule has 6 nitrogen and oxygen atoms in total. The Morgan fingerprint density at radius 1 is 1.12 bits per heavy atom. The van der Waals surface area contributed by atoms with E-state index in [1.54, 1.807) is 12.1 Å². The lowest BCUT2D eigenvalue weighted by molar-refractivity contribution is -0.116. The number of hydrogen-bond donors (Lipinski definition) is 1. The minimum atomic E-state index is -3.66. The average molecular weight is 372 g/mol. The van der Waals surface area contributed by atoms with E-state index in [-0.39, 0.29) is 35.2 Å². The molecule has 136 valence electrons. The van der Waals surface area contributed by atoms with Crippen LogP contribution in [0.5, 0.6) is 0 Å². The maximum absolute atomic E-state index is 12.6. The van der Waals surface area contributed by atoms with Gasteiger partial charge in [0.25, 0.3) is 5.91 Å². The molecule has 2 aromatic carbocycles. The summed E-state index contributed by atoms with van der Waals surface area (Å²) in [6.45, 7) is 4.07. The maximum atomic E-state index is 12.6. The van der Waals surface area contributed by atoms with E-state index in [1.807, 2.05) is 38.1 Å². The smallest absolute Gasteiger partial charge is 0.255 e. The number of sulfonamides is 1. The monoisotopic (exact) mass is 372 g/mol. The summed E-state index contributed by atoms with van der Waals surface area (Å²) in [4.78, 5) is 24.6. The zero-order chi connectivity index (χ0) is 18.9. The number of nitrogens with one attached hydrogen (secondary N) is 1. The van der Waals surface area contributed by atoms with Gasteiger partial charge in [0, 0.05) is 17.7 Å². The summed E-state index contributed by atoms with van der Waals surface area (Å²) in [6, 6.07) is 13.6. The Bertz CT molecular complexity index is 967. The van der Waals surface area contributed by atoms with Crippen LogP contribution >= 0.6 is 0 Å². The highest BCUT2D eigenvalue weighted by atomic mass is 32.2. The zero-order valence-corrected chi connectivity index (χ0v) is 15.4. The molecule has 1 aliphatic rings. The Labute approximate surface area is 152 Å². The highest BCUT2D eigenvalue weighted by molar-refractivity contribution is 7.94. The fourth-order valence-corrected chi connectivity index (χ4v) is 4.40. The number of anilines is 2. The summed E-state index contributed by atoms with van der Waals surface area (Å²) >= 11 is 0. The molecule has 26 heavy (non-hydrogen) atoms. The molecule has 0 saturated carbocycles. The maximum Gasteiger partial charge on any atom is 0.255 e. The molecule has 0 unspecified atom stereocenters. The molecule has 1 saturated heterocycles. The highest BCUT2D eigenvalue weighted by Crippen LogP contribution is 2.27. The first-order chi connectivity index (χ1) is 12.3. The molecule has 1 fully saturated rings. The molecular formula is C19H20N2O4S. The van der Waals surface area contributed by atoms with Crippen LogP contribution in [0.4, 0.5) is 11.4 Å². The number of para-hydroxylation sites is 1. The number of rotatable bonds is 4. The van der Waals surface area contributed by atoms with E-state index in [0.29, 0.717) is 5.69 Å². The van der Waals surface area contributed by atoms with Crippen molar-refractivity contribution in [1.82, 2.24) is 0 Å². The molecule has 0 atom stereocenters. The van der Waals surface area contributed by atoms with Crippen molar-refractivity contribution in [2.24, 2.45) is 0 Å². The lowest BCUT2D eigenvalue weighted by Gasteiger charge is -2.17. The Morgan fingerprint density at radius 2 is 1.85 bits per heavy atom. The molecule has 2 amide bonds. The van der Waals surface area contributed by atoms with Crippen LogP contribution in [0.25, 0.3) is 0 Å². The SMILES string of the molecule is CC(C)c1ccccc1NC(=O)c1cccc(N2C(=O)CCS2(=O)=O)c1. The molecule has 1 aliphatic heterocycles. The van der Waals surface area contributed by atoms with Crippen LogP contribution in [0, 0.1) is 0 Å². The Kier molecular flexibility index (Phi) is 4.82. The van der Waals surface area contributed by atoms with E-state index in [0.717, 1.165) is 9.87 Å². The molecule has 7 heteroatoms. The predicted molar refractivity (Wildman–Crippen MR) is 101 cm³/mol. The number of amides is 2. The number of benzene rings is 2. The second-order valence-corrected chi connectivity index (χ2v) is 8.41. The predicted octanol–water partition coefficient (Wildman–Crippen LogP) is 3.13. The largest absolute Gasteiger partial charge is 0.322 e. The van der Waals surface area contributed by atoms with E-state index in [2.05, 4.69) is 5.32 Å². The molecule has 1 N–H and O–H groups in total. The van der Waals surface area contributed by atoms with Crippen LogP contribution in [0.1, 0.15) is 42.1 Å². The van der Waals surface area contributed by atoms with Crippen molar-refractivity contribution >= 4 is 33.2 Å². The normalized spacial score (nSPS) is 16.1. The number of carbonyl (C=O) groups excluding carboxylic acids is 2. The third-order valence-electron chi connectivity index (χ3n) is 4.25. The molecule has 0 spiro atoms. The number of nitrogens with zero attached hydrogens (tertiary/aromatic N) is 1. The first-order valence-electron chi connectivity index (χ1n) is 8.36. The van der Waals surface area contributed by atoms with E-state index in [9.17, 15) is 18.0 Å². The Balaban J connectivity index is 1.89. The lowest BCUT2D eigenvalue weighted by atomic mass is 10.0. The summed E-state index contributed by atoms with van der Waals surface area (Å²) in [5, 5.41) is 2.87. The number of hydrogen-bond acceptors (Lipinski definition) is 4. The summed E-state index contributed by atoms with van der Waals surface area (Å²) in [6.07, 6.45) is -0.0411. The third kappa shape index (κ3) is 3.48. The first-order valence-corrected chi connectivity index (χ1v) is 9.96. The van der Waals surface area contributed by atoms with Gasteiger partial charge in [0.05, 0.1) is 11.4 Å². The van der Waals surface area contributed by atoms with Crippen LogP contribution in [-0.2, 0) is 14.8 Å². The molecule has 2 aromatic rings. The van der Waals surface area contributed by atoms with Gasteiger partial charge in [0.15, 0.2) is 0 Å². The summed E-state index contributed by atoms with van der Waals surface area (Å²) in [7, 11) is -3.66. The van der Waals surface area contributed by atoms with Crippen LogP contribution in [0.15, 0.2) is 48.5 Å². The highest BCUT2D eigenvalue weighted by Gasteiger charge is 2.36. The van der Waals surface area contributed by atoms with Gasteiger partial charge in [-0.25, -0.2) is 12.7 Å². The molecule has 0 aliphatic carbocycles. The fourth-order valence-electron chi connectivity index (χ4n) is 2.95. The van der Waals surface area contributed by atoms with E-state index in [1.165, 1.54) is 12.1 Å². The van der Waals surface area contributed by atoms with Crippen molar-refractivity contribution < 1.29 is 18.0 Å². The van der Waals surface area contributed by atoms with Crippen LogP contribution < -0.4 is 9.62 Å². The van der Waals surface area contributed by atoms with Crippen molar-refractivity contribution in [3.63, 3.8) is 0 Å². The van der Waals surface area contributed by atoms with Crippen LogP contribution in [0.2, 0.25) is 0 Å². The second kappa shape index (κ2) is 6.92. The molecule has 3 rings (SSSR count). The van der Waals surface area contributed by atoms with Gasteiger partial charge in [-0.2, -0.15) is 0 Å². The summed E-state index contributed by atoms with van der Waals surface area (Å²) in [5.41, 5.74) is 2.20. The van der Waals surface area contributed by atoms with Gasteiger partial charge in [0.1, 0.15) is 0 Å². The fraction of sp³-hybridized carbons (Fsp3) is 0.263. The third-order valence-corrected chi connectivity index (χ3v) is 5.94. The summed E-state index contributed by atoms with van der Waals surface area (Å²) in [5.74, 6) is -0.800. The standard InChI is InChI=1S/C19H20N2O4S/c1-13(2)16-8-3-4-9-17(16)20-19(23)14-6-5-7-15(12-14)21-18(22)10-11-26(21,24)25/h3-9,12-13H,10-11H2,1-2H3,(H,20,23). The van der Waals surface area contributed by atoms with Gasteiger partial charge < -0.3 is 5.32 Å². The van der Waals surface area contributed by atoms with E-state index in [4.69, 9.17) is 0 Å². The topological polar surface area (TPSA) is 83.6 Å². The van der Waals surface area contributed by atoms with Gasteiger partial charge >= 0.3 is 0 Å². The zero-order valence-electron chi connectivity index (χ0n) is 14.6. The molecule has 1 heterocycles.